The Labute approximate surface area is 260 Å². The van der Waals surface area contributed by atoms with E-state index in [0.29, 0.717) is 18.3 Å². The molecule has 5 nitrogen and oxygen atoms in total. The van der Waals surface area contributed by atoms with E-state index in [-0.39, 0.29) is 0 Å². The molecule has 0 spiro atoms. The number of hydrogen-bond acceptors (Lipinski definition) is 1. The summed E-state index contributed by atoms with van der Waals surface area (Å²) in [5.74, 6) is 1.13. The van der Waals surface area contributed by atoms with Gasteiger partial charge in [-0.05, 0) is 31.0 Å². The van der Waals surface area contributed by atoms with E-state index in [4.69, 9.17) is 9.98 Å². The van der Waals surface area contributed by atoms with Gasteiger partial charge in [-0.1, -0.05) is 127 Å². The predicted octanol–water partition coefficient (Wildman–Crippen LogP) is 9.44. The zero-order chi connectivity index (χ0) is 30.2. The minimum Gasteiger partial charge on any atom is -0.318 e. The second-order valence-corrected chi connectivity index (χ2v) is 10.9. The number of hydrogen-bond donors (Lipinski definition) is 0. The SMILES string of the molecule is C=NC(=N/C(=N\Cn1c2ccccc2c2ccc3c4ccccc4n(-c4ccccc4)c3c21)c1ccccc1)c1ccccc1. The van der Waals surface area contributed by atoms with E-state index in [1.165, 1.54) is 27.1 Å². The predicted molar refractivity (Wildman–Crippen MR) is 189 cm³/mol. The second kappa shape index (κ2) is 11.2. The standard InChI is InChI=1S/C40H29N5/c1-41-39(28-15-5-2-6-16-28)43-40(29-17-7-3-8-18-29)42-27-44-35-23-13-11-21-31(35)33-25-26-34-32-22-12-14-24-36(32)45(38(34)37(33)44)30-19-9-4-10-20-30/h2-26H,1,27H2/b42-40-,43-39?. The molecule has 0 unspecified atom stereocenters. The summed E-state index contributed by atoms with van der Waals surface area (Å²) in [6.07, 6.45) is 0. The van der Waals surface area contributed by atoms with Crippen LogP contribution in [0.2, 0.25) is 0 Å². The lowest BCUT2D eigenvalue weighted by atomic mass is 10.1. The monoisotopic (exact) mass is 579 g/mol. The Morgan fingerprint density at radius 2 is 1.00 bits per heavy atom. The van der Waals surface area contributed by atoms with Gasteiger partial charge in [-0.25, -0.2) is 15.0 Å². The molecule has 0 aliphatic carbocycles. The van der Waals surface area contributed by atoms with Crippen LogP contribution in [0.1, 0.15) is 11.1 Å². The molecule has 0 aliphatic heterocycles. The van der Waals surface area contributed by atoms with Gasteiger partial charge in [-0.3, -0.25) is 0 Å². The van der Waals surface area contributed by atoms with Gasteiger partial charge in [0.15, 0.2) is 11.7 Å². The van der Waals surface area contributed by atoms with Crippen LogP contribution in [0.5, 0.6) is 0 Å². The maximum Gasteiger partial charge on any atom is 0.161 e. The van der Waals surface area contributed by atoms with Crippen molar-refractivity contribution in [1.82, 2.24) is 9.13 Å². The van der Waals surface area contributed by atoms with Crippen LogP contribution in [-0.2, 0) is 6.67 Å². The number of fused-ring (bicyclic) bond motifs is 7. The molecular formula is C40H29N5. The van der Waals surface area contributed by atoms with Crippen molar-refractivity contribution in [2.45, 2.75) is 6.67 Å². The number of rotatable bonds is 5. The van der Waals surface area contributed by atoms with Crippen LogP contribution in [0.3, 0.4) is 0 Å². The number of aliphatic imine (C=N–C) groups is 3. The first-order valence-corrected chi connectivity index (χ1v) is 15.0. The molecule has 0 amide bonds. The molecule has 2 heterocycles. The minimum atomic E-state index is 0.367. The first-order valence-electron chi connectivity index (χ1n) is 15.0. The molecule has 8 rings (SSSR count). The molecule has 6 aromatic carbocycles. The summed E-state index contributed by atoms with van der Waals surface area (Å²) in [5.41, 5.74) is 7.52. The van der Waals surface area contributed by atoms with Gasteiger partial charge in [0.2, 0.25) is 0 Å². The van der Waals surface area contributed by atoms with Crippen LogP contribution in [0.15, 0.2) is 167 Å². The molecule has 8 aromatic rings. The average molecular weight is 580 g/mol. The highest BCUT2D eigenvalue weighted by Crippen LogP contribution is 2.40. The van der Waals surface area contributed by atoms with Crippen molar-refractivity contribution >= 4 is 62.0 Å². The Balaban J connectivity index is 1.42. The number of benzene rings is 6. The fraction of sp³-hybridized carbons (Fsp3) is 0.0250. The number of amidine groups is 2. The summed E-state index contributed by atoms with van der Waals surface area (Å²) < 4.78 is 4.71. The van der Waals surface area contributed by atoms with Crippen LogP contribution in [-0.4, -0.2) is 27.5 Å². The van der Waals surface area contributed by atoms with E-state index in [9.17, 15) is 0 Å². The lowest BCUT2D eigenvalue weighted by molar-refractivity contribution is 0.792. The highest BCUT2D eigenvalue weighted by molar-refractivity contribution is 6.23. The molecule has 5 heteroatoms. The maximum atomic E-state index is 5.21. The Morgan fingerprint density at radius 1 is 0.489 bits per heavy atom. The average Bonchev–Trinajstić information content (AvgIpc) is 3.62. The Morgan fingerprint density at radius 3 is 1.64 bits per heavy atom. The fourth-order valence-electron chi connectivity index (χ4n) is 6.37. The van der Waals surface area contributed by atoms with Crippen molar-refractivity contribution in [2.75, 3.05) is 0 Å². The molecule has 2 aromatic heterocycles. The van der Waals surface area contributed by atoms with Crippen molar-refractivity contribution < 1.29 is 0 Å². The summed E-state index contributed by atoms with van der Waals surface area (Å²) in [6, 6.07) is 52.3. The number of para-hydroxylation sites is 3. The summed E-state index contributed by atoms with van der Waals surface area (Å²) in [4.78, 5) is 14.5. The van der Waals surface area contributed by atoms with Gasteiger partial charge < -0.3 is 9.13 Å². The van der Waals surface area contributed by atoms with E-state index in [1.54, 1.807) is 0 Å². The Kier molecular flexibility index (Phi) is 6.61. The zero-order valence-corrected chi connectivity index (χ0v) is 24.6. The minimum absolute atomic E-state index is 0.367. The Hall–Kier alpha value is -6.07. The summed E-state index contributed by atoms with van der Waals surface area (Å²) in [5, 5.41) is 4.81. The van der Waals surface area contributed by atoms with Gasteiger partial charge in [0.05, 0.1) is 22.1 Å². The molecule has 0 fully saturated rings. The molecule has 0 N–H and O–H groups in total. The summed E-state index contributed by atoms with van der Waals surface area (Å²) in [6.45, 7) is 4.19. The van der Waals surface area contributed by atoms with Gasteiger partial charge in [-0.15, -0.1) is 0 Å². The van der Waals surface area contributed by atoms with E-state index in [0.717, 1.165) is 33.4 Å². The van der Waals surface area contributed by atoms with Gasteiger partial charge in [0.1, 0.15) is 6.67 Å². The highest BCUT2D eigenvalue weighted by Gasteiger charge is 2.20. The van der Waals surface area contributed by atoms with Crippen LogP contribution >= 0.6 is 0 Å². The van der Waals surface area contributed by atoms with Crippen molar-refractivity contribution in [3.63, 3.8) is 0 Å². The third-order valence-electron chi connectivity index (χ3n) is 8.37. The van der Waals surface area contributed by atoms with Gasteiger partial charge in [0.25, 0.3) is 0 Å². The van der Waals surface area contributed by atoms with Crippen molar-refractivity contribution in [1.29, 1.82) is 0 Å². The van der Waals surface area contributed by atoms with Gasteiger partial charge in [-0.2, -0.15) is 0 Å². The highest BCUT2D eigenvalue weighted by atomic mass is 15.1. The van der Waals surface area contributed by atoms with E-state index in [2.05, 4.69) is 112 Å². The number of nitrogens with zero attached hydrogens (tertiary/aromatic N) is 5. The molecule has 214 valence electrons. The van der Waals surface area contributed by atoms with Crippen molar-refractivity contribution in [3.05, 3.63) is 163 Å². The molecule has 0 saturated carbocycles. The third kappa shape index (κ3) is 4.53. The molecule has 0 aliphatic rings. The van der Waals surface area contributed by atoms with Crippen LogP contribution in [0.4, 0.5) is 0 Å². The van der Waals surface area contributed by atoms with Crippen molar-refractivity contribution in [3.8, 4) is 5.69 Å². The maximum absolute atomic E-state index is 5.21. The zero-order valence-electron chi connectivity index (χ0n) is 24.6. The van der Waals surface area contributed by atoms with E-state index in [1.807, 2.05) is 60.7 Å². The third-order valence-corrected chi connectivity index (χ3v) is 8.37. The summed E-state index contributed by atoms with van der Waals surface area (Å²) >= 11 is 0. The van der Waals surface area contributed by atoms with E-state index >= 15 is 0 Å². The molecule has 0 saturated heterocycles. The lowest BCUT2D eigenvalue weighted by Crippen LogP contribution is -2.07. The van der Waals surface area contributed by atoms with Crippen LogP contribution < -0.4 is 0 Å². The van der Waals surface area contributed by atoms with E-state index < -0.39 is 0 Å². The molecule has 0 radical (unpaired) electrons. The second-order valence-electron chi connectivity index (χ2n) is 10.9. The molecule has 0 atom stereocenters. The van der Waals surface area contributed by atoms with Crippen LogP contribution in [0, 0.1) is 0 Å². The number of aromatic nitrogens is 2. The molecule has 0 bridgehead atoms. The van der Waals surface area contributed by atoms with Gasteiger partial charge >= 0.3 is 0 Å². The smallest absolute Gasteiger partial charge is 0.161 e. The quantitative estimate of drug-likeness (QED) is 0.144. The molecule has 45 heavy (non-hydrogen) atoms. The summed E-state index contributed by atoms with van der Waals surface area (Å²) in [7, 11) is 0. The first-order chi connectivity index (χ1) is 22.3. The van der Waals surface area contributed by atoms with Crippen molar-refractivity contribution in [2.24, 2.45) is 15.0 Å². The molecular weight excluding hydrogens is 550 g/mol. The largest absolute Gasteiger partial charge is 0.318 e. The topological polar surface area (TPSA) is 46.9 Å². The Bertz CT molecular complexity index is 2400. The van der Waals surface area contributed by atoms with Gasteiger partial charge in [0, 0.05) is 38.4 Å². The fourth-order valence-corrected chi connectivity index (χ4v) is 6.37. The lowest BCUT2D eigenvalue weighted by Gasteiger charge is -2.12. The van der Waals surface area contributed by atoms with Crippen LogP contribution in [0.25, 0.3) is 49.3 Å². The normalized spacial score (nSPS) is 12.4. The first kappa shape index (κ1) is 26.5.